The Morgan fingerprint density at radius 1 is 1.14 bits per heavy atom. The number of hydrogen-bond acceptors (Lipinski definition) is 4. The predicted molar refractivity (Wildman–Crippen MR) is 116 cm³/mol. The Bertz CT molecular complexity index is 1110. The second-order valence-electron chi connectivity index (χ2n) is 7.27. The molecule has 0 aromatic heterocycles. The van der Waals surface area contributed by atoms with E-state index < -0.39 is 15.7 Å². The highest BCUT2D eigenvalue weighted by atomic mass is 79.9. The van der Waals surface area contributed by atoms with Crippen LogP contribution in [0.15, 0.2) is 56.8 Å². The van der Waals surface area contributed by atoms with Gasteiger partial charge < -0.3 is 5.32 Å². The number of rotatable bonds is 3. The van der Waals surface area contributed by atoms with Crippen LogP contribution >= 0.6 is 27.5 Å². The summed E-state index contributed by atoms with van der Waals surface area (Å²) in [7, 11) is -3.66. The van der Waals surface area contributed by atoms with E-state index in [0.29, 0.717) is 29.1 Å². The second kappa shape index (κ2) is 7.50. The molecule has 6 nitrogen and oxygen atoms in total. The minimum Gasteiger partial charge on any atom is -0.326 e. The van der Waals surface area contributed by atoms with Crippen molar-refractivity contribution >= 4 is 49.2 Å². The first-order valence-electron chi connectivity index (χ1n) is 9.15. The Kier molecular flexibility index (Phi) is 5.31. The zero-order chi connectivity index (χ0) is 20.8. The Morgan fingerprint density at radius 2 is 1.79 bits per heavy atom. The molecule has 2 aliphatic rings. The normalized spacial score (nSPS) is 19.3. The molecule has 9 heteroatoms. The molecular formula is C20H19BrClN3O3S. The highest BCUT2D eigenvalue weighted by Gasteiger charge is 2.44. The highest BCUT2D eigenvalue weighted by molar-refractivity contribution is 9.10. The van der Waals surface area contributed by atoms with Gasteiger partial charge in [0.1, 0.15) is 11.4 Å². The fourth-order valence-corrected chi connectivity index (χ4v) is 5.88. The molecule has 0 bridgehead atoms. The summed E-state index contributed by atoms with van der Waals surface area (Å²) in [5.41, 5.74) is 1.03. The maximum Gasteiger partial charge on any atom is 0.272 e. The van der Waals surface area contributed by atoms with E-state index in [2.05, 4.69) is 26.2 Å². The van der Waals surface area contributed by atoms with E-state index in [1.807, 2.05) is 24.3 Å². The van der Waals surface area contributed by atoms with Crippen molar-refractivity contribution in [3.8, 4) is 0 Å². The maximum atomic E-state index is 13.1. The van der Waals surface area contributed by atoms with Crippen molar-refractivity contribution in [2.45, 2.75) is 30.3 Å². The van der Waals surface area contributed by atoms with E-state index in [0.717, 1.165) is 10.0 Å². The number of carbonyl (C=O) groups is 1. The molecule has 2 aliphatic heterocycles. The molecule has 4 rings (SSSR count). The van der Waals surface area contributed by atoms with Crippen LogP contribution in [-0.2, 0) is 14.8 Å². The van der Waals surface area contributed by atoms with Crippen molar-refractivity contribution in [3.05, 3.63) is 63.1 Å². The SMILES string of the molecule is Cc1ccc(Cl)cc1S(=O)(=O)N1CCC2(CC1)N=C(c1ccc(Br)cc1)C(=O)N2. The number of piperidine rings is 1. The standard InChI is InChI=1S/C20H19BrClN3O3S/c1-13-2-7-16(22)12-17(13)29(27,28)25-10-8-20(9-11-25)23-18(19(26)24-20)14-3-5-15(21)6-4-14/h2-7,12H,8-11H2,1H3,(H,24,26). The molecular weight excluding hydrogens is 478 g/mol. The average Bonchev–Trinajstić information content (AvgIpc) is 3.00. The first kappa shape index (κ1) is 20.5. The van der Waals surface area contributed by atoms with E-state index in [1.165, 1.54) is 10.4 Å². The number of aliphatic imine (C=N–C) groups is 1. The van der Waals surface area contributed by atoms with Crippen molar-refractivity contribution in [2.24, 2.45) is 4.99 Å². The van der Waals surface area contributed by atoms with Gasteiger partial charge in [-0.25, -0.2) is 8.42 Å². The summed E-state index contributed by atoms with van der Waals surface area (Å²) in [5, 5.41) is 3.35. The highest BCUT2D eigenvalue weighted by Crippen LogP contribution is 2.32. The lowest BCUT2D eigenvalue weighted by Gasteiger charge is -2.36. The van der Waals surface area contributed by atoms with E-state index >= 15 is 0 Å². The largest absolute Gasteiger partial charge is 0.326 e. The van der Waals surface area contributed by atoms with Gasteiger partial charge in [-0.05, 0) is 36.8 Å². The molecule has 0 radical (unpaired) electrons. The predicted octanol–water partition coefficient (Wildman–Crippen LogP) is 3.51. The summed E-state index contributed by atoms with van der Waals surface area (Å²) in [5.74, 6) is -0.227. The quantitative estimate of drug-likeness (QED) is 0.706. The summed E-state index contributed by atoms with van der Waals surface area (Å²) in [6.45, 7) is 2.29. The van der Waals surface area contributed by atoms with Crippen molar-refractivity contribution in [1.29, 1.82) is 0 Å². The van der Waals surface area contributed by atoms with Crippen molar-refractivity contribution in [1.82, 2.24) is 9.62 Å². The molecule has 1 N–H and O–H groups in total. The lowest BCUT2D eigenvalue weighted by Crippen LogP contribution is -2.52. The first-order chi connectivity index (χ1) is 13.7. The number of nitrogens with zero attached hydrogens (tertiary/aromatic N) is 2. The number of nitrogens with one attached hydrogen (secondary N) is 1. The Morgan fingerprint density at radius 3 is 2.45 bits per heavy atom. The lowest BCUT2D eigenvalue weighted by molar-refractivity contribution is -0.115. The molecule has 1 saturated heterocycles. The number of halogens is 2. The van der Waals surface area contributed by atoms with Crippen LogP contribution in [0.4, 0.5) is 0 Å². The summed E-state index contributed by atoms with van der Waals surface area (Å²) in [6.07, 6.45) is 0.829. The number of hydrogen-bond donors (Lipinski definition) is 1. The molecule has 1 spiro atoms. The maximum absolute atomic E-state index is 13.1. The van der Waals surface area contributed by atoms with Gasteiger partial charge in [0, 0.05) is 41.0 Å². The number of benzene rings is 2. The van der Waals surface area contributed by atoms with Crippen LogP contribution in [0.1, 0.15) is 24.0 Å². The summed E-state index contributed by atoms with van der Waals surface area (Å²) >= 11 is 9.39. The average molecular weight is 497 g/mol. The minimum absolute atomic E-state index is 0.218. The second-order valence-corrected chi connectivity index (χ2v) is 10.5. The van der Waals surface area contributed by atoms with Gasteiger partial charge in [0.05, 0.1) is 4.90 Å². The summed E-state index contributed by atoms with van der Waals surface area (Å²) in [6, 6.07) is 12.3. The van der Waals surface area contributed by atoms with Gasteiger partial charge in [-0.15, -0.1) is 0 Å². The third-order valence-corrected chi connectivity index (χ3v) is 8.13. The molecule has 2 aromatic carbocycles. The number of sulfonamides is 1. The fourth-order valence-electron chi connectivity index (χ4n) is 3.69. The van der Waals surface area contributed by atoms with Crippen LogP contribution in [-0.4, -0.2) is 43.1 Å². The minimum atomic E-state index is -3.66. The number of carbonyl (C=O) groups excluding carboxylic acids is 1. The van der Waals surface area contributed by atoms with Gasteiger partial charge in [0.15, 0.2) is 0 Å². The monoisotopic (exact) mass is 495 g/mol. The van der Waals surface area contributed by atoms with Gasteiger partial charge >= 0.3 is 0 Å². The van der Waals surface area contributed by atoms with Crippen LogP contribution in [0.3, 0.4) is 0 Å². The zero-order valence-electron chi connectivity index (χ0n) is 15.7. The Labute approximate surface area is 183 Å². The van der Waals surface area contributed by atoms with E-state index in [1.54, 1.807) is 19.1 Å². The van der Waals surface area contributed by atoms with Gasteiger partial charge in [-0.2, -0.15) is 4.31 Å². The molecule has 152 valence electrons. The Hall–Kier alpha value is -1.74. The summed E-state index contributed by atoms with van der Waals surface area (Å²) < 4.78 is 28.5. The van der Waals surface area contributed by atoms with Crippen molar-refractivity contribution in [3.63, 3.8) is 0 Å². The van der Waals surface area contributed by atoms with Gasteiger partial charge in [-0.3, -0.25) is 9.79 Å². The molecule has 0 saturated carbocycles. The van der Waals surface area contributed by atoms with Crippen LogP contribution in [0, 0.1) is 6.92 Å². The van der Waals surface area contributed by atoms with Gasteiger partial charge in [-0.1, -0.05) is 45.7 Å². The van der Waals surface area contributed by atoms with Crippen molar-refractivity contribution < 1.29 is 13.2 Å². The van der Waals surface area contributed by atoms with Crippen LogP contribution in [0.5, 0.6) is 0 Å². The fraction of sp³-hybridized carbons (Fsp3) is 0.300. The zero-order valence-corrected chi connectivity index (χ0v) is 18.8. The Balaban J connectivity index is 1.55. The van der Waals surface area contributed by atoms with E-state index in [9.17, 15) is 13.2 Å². The molecule has 0 aliphatic carbocycles. The third-order valence-electron chi connectivity index (χ3n) is 5.32. The molecule has 1 amide bonds. The molecule has 1 fully saturated rings. The smallest absolute Gasteiger partial charge is 0.272 e. The molecule has 2 heterocycles. The molecule has 2 aromatic rings. The molecule has 0 unspecified atom stereocenters. The third kappa shape index (κ3) is 3.86. The van der Waals surface area contributed by atoms with Crippen LogP contribution < -0.4 is 5.32 Å². The molecule has 29 heavy (non-hydrogen) atoms. The number of aryl methyl sites for hydroxylation is 1. The number of amides is 1. The van der Waals surface area contributed by atoms with Crippen LogP contribution in [0.25, 0.3) is 0 Å². The van der Waals surface area contributed by atoms with Gasteiger partial charge in [0.2, 0.25) is 10.0 Å². The first-order valence-corrected chi connectivity index (χ1v) is 11.8. The van der Waals surface area contributed by atoms with Crippen LogP contribution in [0.2, 0.25) is 5.02 Å². The summed E-state index contributed by atoms with van der Waals surface area (Å²) in [4.78, 5) is 17.4. The van der Waals surface area contributed by atoms with E-state index in [4.69, 9.17) is 11.6 Å². The lowest BCUT2D eigenvalue weighted by atomic mass is 10.00. The van der Waals surface area contributed by atoms with Gasteiger partial charge in [0.25, 0.3) is 5.91 Å². The topological polar surface area (TPSA) is 78.8 Å². The molecule has 0 atom stereocenters. The van der Waals surface area contributed by atoms with Crippen molar-refractivity contribution in [2.75, 3.05) is 13.1 Å². The van der Waals surface area contributed by atoms with E-state index in [-0.39, 0.29) is 23.9 Å².